The Morgan fingerprint density at radius 2 is 1.92 bits per heavy atom. The van der Waals surface area contributed by atoms with Crippen molar-refractivity contribution in [3.63, 3.8) is 0 Å². The summed E-state index contributed by atoms with van der Waals surface area (Å²) < 4.78 is 0. The number of pyridine rings is 1. The molecule has 0 radical (unpaired) electrons. The molecule has 1 rings (SSSR count). The molecule has 0 atom stereocenters. The molecule has 1 aromatic rings. The lowest BCUT2D eigenvalue weighted by molar-refractivity contribution is -0.121. The van der Waals surface area contributed by atoms with Crippen LogP contribution in [-0.4, -0.2) is 49.1 Å². The number of hydrogen-bond acceptors (Lipinski definition) is 4. The maximum atomic E-state index is 11.8. The summed E-state index contributed by atoms with van der Waals surface area (Å²) in [6, 6.07) is 1.63. The molecule has 0 saturated carbocycles. The van der Waals surface area contributed by atoms with E-state index in [1.807, 2.05) is 20.8 Å². The first kappa shape index (κ1) is 24.0. The van der Waals surface area contributed by atoms with Gasteiger partial charge in [-0.25, -0.2) is 4.98 Å². The molecule has 1 amide bonds. The van der Waals surface area contributed by atoms with Crippen LogP contribution in [0.2, 0.25) is 10.0 Å². The van der Waals surface area contributed by atoms with Crippen molar-refractivity contribution in [1.82, 2.24) is 20.9 Å². The molecule has 0 unspecified atom stereocenters. The number of carbonyl (C=O) groups is 1. The topological polar surface area (TPSA) is 90.4 Å². The van der Waals surface area contributed by atoms with E-state index in [2.05, 4.69) is 31.2 Å². The van der Waals surface area contributed by atoms with Gasteiger partial charge in [0.05, 0.1) is 16.6 Å². The van der Waals surface area contributed by atoms with Crippen LogP contribution in [0.5, 0.6) is 0 Å². The smallest absolute Gasteiger partial charge is 0.239 e. The molecule has 4 N–H and O–H groups in total. The van der Waals surface area contributed by atoms with E-state index >= 15 is 0 Å². The van der Waals surface area contributed by atoms with Gasteiger partial charge in [-0.15, -0.1) is 24.0 Å². The van der Waals surface area contributed by atoms with Crippen LogP contribution in [0.1, 0.15) is 20.8 Å². The average Bonchev–Trinajstić information content (AvgIpc) is 2.46. The van der Waals surface area contributed by atoms with Gasteiger partial charge in [-0.05, 0) is 26.8 Å². The SMILES string of the molecule is CN=C(NCCNc1ncc(Cl)cc1Cl)NCC(=O)NC(C)(C)C.I. The number of aliphatic imine (C=N–C) groups is 1. The summed E-state index contributed by atoms with van der Waals surface area (Å²) in [6.45, 7) is 7.08. The van der Waals surface area contributed by atoms with E-state index in [4.69, 9.17) is 23.2 Å². The lowest BCUT2D eigenvalue weighted by Crippen LogP contribution is -2.48. The van der Waals surface area contributed by atoms with Crippen LogP contribution < -0.4 is 21.3 Å². The second-order valence-electron chi connectivity index (χ2n) is 6.06. The van der Waals surface area contributed by atoms with Crippen molar-refractivity contribution in [2.75, 3.05) is 32.0 Å². The van der Waals surface area contributed by atoms with E-state index in [0.29, 0.717) is 34.9 Å². The molecule has 0 spiro atoms. The van der Waals surface area contributed by atoms with Crippen molar-refractivity contribution < 1.29 is 4.79 Å². The highest BCUT2D eigenvalue weighted by Gasteiger charge is 2.13. The van der Waals surface area contributed by atoms with Crippen LogP contribution in [0.4, 0.5) is 5.82 Å². The standard InChI is InChI=1S/C15H24Cl2N6O.HI/c1-15(2,3)23-12(24)9-22-14(18-4)20-6-5-19-13-11(17)7-10(16)8-21-13;/h7-8H,5-6,9H2,1-4H3,(H,19,21)(H,23,24)(H2,18,20,22);1H. The first-order valence-electron chi connectivity index (χ1n) is 7.51. The first-order chi connectivity index (χ1) is 11.2. The fourth-order valence-corrected chi connectivity index (χ4v) is 2.20. The Hall–Kier alpha value is -1.000. The van der Waals surface area contributed by atoms with E-state index in [9.17, 15) is 4.79 Å². The van der Waals surface area contributed by atoms with Gasteiger partial charge >= 0.3 is 0 Å². The monoisotopic (exact) mass is 502 g/mol. The number of amides is 1. The van der Waals surface area contributed by atoms with Crippen LogP contribution >= 0.6 is 47.2 Å². The van der Waals surface area contributed by atoms with Gasteiger partial charge in [0.15, 0.2) is 5.96 Å². The highest BCUT2D eigenvalue weighted by Crippen LogP contribution is 2.21. The summed E-state index contributed by atoms with van der Waals surface area (Å²) in [5.41, 5.74) is -0.259. The van der Waals surface area contributed by atoms with Crippen LogP contribution in [0.15, 0.2) is 17.3 Å². The number of anilines is 1. The normalized spacial score (nSPS) is 11.4. The van der Waals surface area contributed by atoms with Gasteiger partial charge in [-0.2, -0.15) is 0 Å². The number of hydrogen-bond donors (Lipinski definition) is 4. The molecular formula is C15H25Cl2IN6O. The van der Waals surface area contributed by atoms with Crippen molar-refractivity contribution >= 4 is 64.9 Å². The molecule has 10 heteroatoms. The second kappa shape index (κ2) is 11.6. The van der Waals surface area contributed by atoms with Crippen molar-refractivity contribution in [1.29, 1.82) is 0 Å². The summed E-state index contributed by atoms with van der Waals surface area (Å²) >= 11 is 11.8. The Labute approximate surface area is 175 Å². The lowest BCUT2D eigenvalue weighted by Gasteiger charge is -2.21. The van der Waals surface area contributed by atoms with Gasteiger partial charge < -0.3 is 21.3 Å². The number of carbonyl (C=O) groups excluding carboxylic acids is 1. The molecule has 1 heterocycles. The number of aromatic nitrogens is 1. The third-order valence-corrected chi connectivity index (χ3v) is 3.17. The van der Waals surface area contributed by atoms with Gasteiger partial charge in [0.25, 0.3) is 0 Å². The molecule has 7 nitrogen and oxygen atoms in total. The zero-order valence-electron chi connectivity index (χ0n) is 14.7. The first-order valence-corrected chi connectivity index (χ1v) is 8.27. The second-order valence-corrected chi connectivity index (χ2v) is 6.91. The highest BCUT2D eigenvalue weighted by atomic mass is 127. The molecule has 25 heavy (non-hydrogen) atoms. The van der Waals surface area contributed by atoms with Crippen LogP contribution in [0, 0.1) is 0 Å². The zero-order valence-corrected chi connectivity index (χ0v) is 18.6. The summed E-state index contributed by atoms with van der Waals surface area (Å²) in [5, 5.41) is 12.9. The van der Waals surface area contributed by atoms with Gasteiger partial charge in [0.1, 0.15) is 5.82 Å². The fraction of sp³-hybridized carbons (Fsp3) is 0.533. The molecule has 142 valence electrons. The van der Waals surface area contributed by atoms with E-state index < -0.39 is 0 Å². The average molecular weight is 503 g/mol. The van der Waals surface area contributed by atoms with E-state index in [1.54, 1.807) is 13.1 Å². The number of guanidine groups is 1. The maximum Gasteiger partial charge on any atom is 0.239 e. The quantitative estimate of drug-likeness (QED) is 0.208. The van der Waals surface area contributed by atoms with Crippen LogP contribution in [0.25, 0.3) is 0 Å². The summed E-state index contributed by atoms with van der Waals surface area (Å²) in [7, 11) is 1.64. The largest absolute Gasteiger partial charge is 0.367 e. The van der Waals surface area contributed by atoms with Gasteiger partial charge in [0, 0.05) is 31.9 Å². The minimum absolute atomic E-state index is 0. The Kier molecular flexibility index (Phi) is 11.1. The maximum absolute atomic E-state index is 11.8. The molecule has 0 aliphatic heterocycles. The Bertz CT molecular complexity index is 592. The predicted octanol–water partition coefficient (Wildman–Crippen LogP) is 2.50. The lowest BCUT2D eigenvalue weighted by atomic mass is 10.1. The van der Waals surface area contributed by atoms with E-state index in [-0.39, 0.29) is 42.0 Å². The molecule has 0 saturated heterocycles. The highest BCUT2D eigenvalue weighted by molar-refractivity contribution is 14.0. The van der Waals surface area contributed by atoms with E-state index in [1.165, 1.54) is 6.20 Å². The van der Waals surface area contributed by atoms with Gasteiger partial charge in [-0.1, -0.05) is 23.2 Å². The molecule has 0 bridgehead atoms. The zero-order chi connectivity index (χ0) is 18.2. The Morgan fingerprint density at radius 1 is 1.24 bits per heavy atom. The van der Waals surface area contributed by atoms with Crippen molar-refractivity contribution in [2.24, 2.45) is 4.99 Å². The fourth-order valence-electron chi connectivity index (χ4n) is 1.75. The summed E-state index contributed by atoms with van der Waals surface area (Å²) in [4.78, 5) is 19.9. The predicted molar refractivity (Wildman–Crippen MR) is 115 cm³/mol. The van der Waals surface area contributed by atoms with E-state index in [0.717, 1.165) is 0 Å². The number of nitrogens with one attached hydrogen (secondary N) is 4. The number of halogens is 3. The molecule has 0 aliphatic rings. The molecular weight excluding hydrogens is 478 g/mol. The summed E-state index contributed by atoms with van der Waals surface area (Å²) in [5.74, 6) is 1.01. The van der Waals surface area contributed by atoms with Crippen LogP contribution in [-0.2, 0) is 4.79 Å². The minimum atomic E-state index is -0.259. The minimum Gasteiger partial charge on any atom is -0.367 e. The Morgan fingerprint density at radius 3 is 2.48 bits per heavy atom. The number of nitrogens with zero attached hydrogens (tertiary/aromatic N) is 2. The van der Waals surface area contributed by atoms with Gasteiger partial charge in [0.2, 0.25) is 5.91 Å². The third-order valence-electron chi connectivity index (χ3n) is 2.67. The Balaban J connectivity index is 0.00000576. The van der Waals surface area contributed by atoms with Crippen molar-refractivity contribution in [2.45, 2.75) is 26.3 Å². The molecule has 0 aromatic carbocycles. The third kappa shape index (κ3) is 10.6. The molecule has 0 fully saturated rings. The van der Waals surface area contributed by atoms with Gasteiger partial charge in [-0.3, -0.25) is 9.79 Å². The van der Waals surface area contributed by atoms with Crippen molar-refractivity contribution in [3.05, 3.63) is 22.3 Å². The molecule has 1 aromatic heterocycles. The van der Waals surface area contributed by atoms with Crippen molar-refractivity contribution in [3.8, 4) is 0 Å². The summed E-state index contributed by atoms with van der Waals surface area (Å²) in [6.07, 6.45) is 1.53. The molecule has 0 aliphatic carbocycles. The number of rotatable bonds is 6. The van der Waals surface area contributed by atoms with Crippen LogP contribution in [0.3, 0.4) is 0 Å².